The fourth-order valence-electron chi connectivity index (χ4n) is 1.06. The van der Waals surface area contributed by atoms with Gasteiger partial charge in [0.15, 0.2) is 0 Å². The largest absolute Gasteiger partial charge is 0.439 e. The molecule has 2 heterocycles. The van der Waals surface area contributed by atoms with Gasteiger partial charge in [-0.05, 0) is 34.6 Å². The van der Waals surface area contributed by atoms with Crippen LogP contribution in [0.2, 0.25) is 0 Å². The SMILES string of the molecule is CNc1ncnc(Sc2nc(C)co2)c1Br. The molecule has 2 aromatic heterocycles. The number of aryl methyl sites for hydroxylation is 1. The Morgan fingerprint density at radius 3 is 2.88 bits per heavy atom. The molecule has 0 saturated heterocycles. The molecule has 0 atom stereocenters. The molecule has 5 nitrogen and oxygen atoms in total. The maximum absolute atomic E-state index is 5.25. The molecule has 84 valence electrons. The molecule has 16 heavy (non-hydrogen) atoms. The van der Waals surface area contributed by atoms with Crippen LogP contribution in [0.1, 0.15) is 5.69 Å². The van der Waals surface area contributed by atoms with Crippen LogP contribution in [-0.2, 0) is 0 Å². The standard InChI is InChI=1S/C9H9BrN4OS/c1-5-3-15-9(14-5)16-8-6(10)7(11-2)12-4-13-8/h3-4H,1-2H3,(H,11,12,13). The Hall–Kier alpha value is -1.08. The number of anilines is 1. The summed E-state index contributed by atoms with van der Waals surface area (Å²) in [7, 11) is 1.80. The molecule has 0 aliphatic rings. The van der Waals surface area contributed by atoms with Crippen molar-refractivity contribution in [2.45, 2.75) is 17.2 Å². The molecular formula is C9H9BrN4OS. The summed E-state index contributed by atoms with van der Waals surface area (Å²) in [5.41, 5.74) is 0.849. The predicted molar refractivity (Wildman–Crippen MR) is 64.6 cm³/mol. The molecule has 0 amide bonds. The molecule has 2 aromatic rings. The summed E-state index contributed by atoms with van der Waals surface area (Å²) >= 11 is 4.78. The van der Waals surface area contributed by atoms with Gasteiger partial charge >= 0.3 is 0 Å². The van der Waals surface area contributed by atoms with Crippen molar-refractivity contribution in [2.24, 2.45) is 0 Å². The number of nitrogens with one attached hydrogen (secondary N) is 1. The zero-order chi connectivity index (χ0) is 11.5. The third kappa shape index (κ3) is 2.35. The summed E-state index contributed by atoms with van der Waals surface area (Å²) in [4.78, 5) is 12.4. The maximum Gasteiger partial charge on any atom is 0.262 e. The first-order chi connectivity index (χ1) is 7.70. The van der Waals surface area contributed by atoms with E-state index in [1.807, 2.05) is 6.92 Å². The summed E-state index contributed by atoms with van der Waals surface area (Å²) in [5.74, 6) is 0.737. The number of oxazole rings is 1. The molecule has 0 saturated carbocycles. The van der Waals surface area contributed by atoms with Crippen LogP contribution in [0.15, 0.2) is 31.7 Å². The predicted octanol–water partition coefficient (Wildman–Crippen LogP) is 2.73. The summed E-state index contributed by atoms with van der Waals surface area (Å²) in [6.45, 7) is 1.88. The van der Waals surface area contributed by atoms with Gasteiger partial charge in [0.05, 0.1) is 10.2 Å². The fourth-order valence-corrected chi connectivity index (χ4v) is 2.44. The second-order valence-electron chi connectivity index (χ2n) is 2.95. The van der Waals surface area contributed by atoms with E-state index in [4.69, 9.17) is 4.42 Å². The molecule has 0 spiro atoms. The third-order valence-corrected chi connectivity index (χ3v) is 3.65. The maximum atomic E-state index is 5.25. The van der Waals surface area contributed by atoms with Crippen molar-refractivity contribution >= 4 is 33.5 Å². The highest BCUT2D eigenvalue weighted by atomic mass is 79.9. The van der Waals surface area contributed by atoms with Crippen LogP contribution in [0.5, 0.6) is 0 Å². The minimum atomic E-state index is 0.568. The van der Waals surface area contributed by atoms with Crippen molar-refractivity contribution < 1.29 is 4.42 Å². The van der Waals surface area contributed by atoms with Crippen LogP contribution in [0.3, 0.4) is 0 Å². The van der Waals surface area contributed by atoms with Crippen LogP contribution >= 0.6 is 27.7 Å². The summed E-state index contributed by atoms with van der Waals surface area (Å²) in [6, 6.07) is 0. The van der Waals surface area contributed by atoms with E-state index < -0.39 is 0 Å². The average molecular weight is 301 g/mol. The van der Waals surface area contributed by atoms with E-state index in [-0.39, 0.29) is 0 Å². The Morgan fingerprint density at radius 2 is 2.25 bits per heavy atom. The molecule has 0 fully saturated rings. The van der Waals surface area contributed by atoms with Gasteiger partial charge in [0.25, 0.3) is 5.22 Å². The molecule has 2 rings (SSSR count). The van der Waals surface area contributed by atoms with Gasteiger partial charge in [0.2, 0.25) is 0 Å². The van der Waals surface area contributed by atoms with Crippen molar-refractivity contribution in [2.75, 3.05) is 12.4 Å². The average Bonchev–Trinajstić information content (AvgIpc) is 2.67. The van der Waals surface area contributed by atoms with Crippen molar-refractivity contribution in [3.63, 3.8) is 0 Å². The van der Waals surface area contributed by atoms with Gasteiger partial charge in [0, 0.05) is 7.05 Å². The lowest BCUT2D eigenvalue weighted by atomic mass is 10.6. The van der Waals surface area contributed by atoms with E-state index in [0.717, 1.165) is 21.0 Å². The van der Waals surface area contributed by atoms with Crippen LogP contribution in [0.4, 0.5) is 5.82 Å². The quantitative estimate of drug-likeness (QED) is 0.879. The number of halogens is 1. The molecule has 1 N–H and O–H groups in total. The van der Waals surface area contributed by atoms with E-state index in [2.05, 4.69) is 36.2 Å². The first-order valence-electron chi connectivity index (χ1n) is 4.49. The van der Waals surface area contributed by atoms with Gasteiger partial charge in [-0.2, -0.15) is 0 Å². The van der Waals surface area contributed by atoms with Gasteiger partial charge in [0.1, 0.15) is 23.4 Å². The molecule has 0 aromatic carbocycles. The molecular weight excluding hydrogens is 292 g/mol. The van der Waals surface area contributed by atoms with Crippen molar-refractivity contribution in [3.05, 3.63) is 22.8 Å². The zero-order valence-corrected chi connectivity index (χ0v) is 11.1. The van der Waals surface area contributed by atoms with E-state index in [1.165, 1.54) is 18.1 Å². The molecule has 0 radical (unpaired) electrons. The summed E-state index contributed by atoms with van der Waals surface area (Å²) in [6.07, 6.45) is 3.10. The normalized spacial score (nSPS) is 10.4. The second kappa shape index (κ2) is 4.84. The Labute approximate surface area is 105 Å². The zero-order valence-electron chi connectivity index (χ0n) is 8.69. The Balaban J connectivity index is 2.28. The lowest BCUT2D eigenvalue weighted by molar-refractivity contribution is 0.453. The molecule has 0 aliphatic carbocycles. The molecule has 0 unspecified atom stereocenters. The minimum Gasteiger partial charge on any atom is -0.439 e. The Kier molecular flexibility index (Phi) is 3.45. The van der Waals surface area contributed by atoms with Crippen molar-refractivity contribution in [3.8, 4) is 0 Å². The van der Waals surface area contributed by atoms with Crippen LogP contribution < -0.4 is 5.32 Å². The van der Waals surface area contributed by atoms with Crippen LogP contribution in [0.25, 0.3) is 0 Å². The molecule has 0 bridgehead atoms. The van der Waals surface area contributed by atoms with Gasteiger partial charge in [-0.1, -0.05) is 0 Å². The number of aromatic nitrogens is 3. The highest BCUT2D eigenvalue weighted by Crippen LogP contribution is 2.33. The molecule has 0 aliphatic heterocycles. The topological polar surface area (TPSA) is 63.8 Å². The monoisotopic (exact) mass is 300 g/mol. The smallest absolute Gasteiger partial charge is 0.262 e. The highest BCUT2D eigenvalue weighted by Gasteiger charge is 2.11. The highest BCUT2D eigenvalue weighted by molar-refractivity contribution is 9.10. The van der Waals surface area contributed by atoms with E-state index in [9.17, 15) is 0 Å². The van der Waals surface area contributed by atoms with Gasteiger partial charge in [-0.3, -0.25) is 0 Å². The Morgan fingerprint density at radius 1 is 1.44 bits per heavy atom. The number of nitrogens with zero attached hydrogens (tertiary/aromatic N) is 3. The van der Waals surface area contributed by atoms with E-state index >= 15 is 0 Å². The minimum absolute atomic E-state index is 0.568. The number of rotatable bonds is 3. The van der Waals surface area contributed by atoms with Crippen molar-refractivity contribution in [1.29, 1.82) is 0 Å². The van der Waals surface area contributed by atoms with Gasteiger partial charge in [-0.25, -0.2) is 15.0 Å². The summed E-state index contributed by atoms with van der Waals surface area (Å²) < 4.78 is 6.05. The first kappa shape index (κ1) is 11.4. The van der Waals surface area contributed by atoms with E-state index in [1.54, 1.807) is 13.3 Å². The lowest BCUT2D eigenvalue weighted by Gasteiger charge is -2.04. The second-order valence-corrected chi connectivity index (χ2v) is 4.68. The van der Waals surface area contributed by atoms with Crippen molar-refractivity contribution in [1.82, 2.24) is 15.0 Å². The molecule has 7 heteroatoms. The third-order valence-electron chi connectivity index (χ3n) is 1.78. The first-order valence-corrected chi connectivity index (χ1v) is 6.10. The number of hydrogen-bond acceptors (Lipinski definition) is 6. The van der Waals surface area contributed by atoms with E-state index in [0.29, 0.717) is 5.22 Å². The number of hydrogen-bond donors (Lipinski definition) is 1. The van der Waals surface area contributed by atoms with Gasteiger partial charge < -0.3 is 9.73 Å². The van der Waals surface area contributed by atoms with Gasteiger partial charge in [-0.15, -0.1) is 0 Å². The Bertz CT molecular complexity index is 502. The lowest BCUT2D eigenvalue weighted by Crippen LogP contribution is -1.96. The van der Waals surface area contributed by atoms with Crippen LogP contribution in [-0.4, -0.2) is 22.0 Å². The fraction of sp³-hybridized carbons (Fsp3) is 0.222. The summed E-state index contributed by atoms with van der Waals surface area (Å²) in [5, 5.41) is 4.30. The van der Waals surface area contributed by atoms with Crippen LogP contribution in [0, 0.1) is 6.92 Å².